The number of hydrogen-bond donors (Lipinski definition) is 0. The molecule has 0 radical (unpaired) electrons. The van der Waals surface area contributed by atoms with Crippen molar-refractivity contribution in [3.8, 4) is 0 Å². The highest BCUT2D eigenvalue weighted by Gasteiger charge is 2.61. The standard InChI is InChI=1S/C51H94OSi/c1-35-33-45-41(37-23-27-39(28-24-37)49(3,4)5)19-17-21-43(45)47(35)53(12,32-16-14-13-15-31-52-51(9,10)11)48-36(2)34-46-42(20-18-22-44(46)48)38-25-29-40(30-26-38)50(6,7)8/h35-48H,13-34H2,1-12H3. The summed E-state index contributed by atoms with van der Waals surface area (Å²) in [4.78, 5) is 0. The Morgan fingerprint density at radius 3 is 1.26 bits per heavy atom. The lowest BCUT2D eigenvalue weighted by Crippen LogP contribution is -2.50. The zero-order valence-electron chi connectivity index (χ0n) is 38.0. The fourth-order valence-electron chi connectivity index (χ4n) is 16.4. The maximum absolute atomic E-state index is 6.16. The van der Waals surface area contributed by atoms with Gasteiger partial charge in [-0.05, 0) is 197 Å². The van der Waals surface area contributed by atoms with E-state index in [2.05, 4.69) is 82.7 Å². The van der Waals surface area contributed by atoms with E-state index < -0.39 is 8.07 Å². The van der Waals surface area contributed by atoms with E-state index in [0.717, 1.165) is 88.7 Å². The van der Waals surface area contributed by atoms with Gasteiger partial charge in [-0.2, -0.15) is 0 Å². The molecule has 10 atom stereocenters. The number of fused-ring (bicyclic) bond motifs is 2. The van der Waals surface area contributed by atoms with E-state index >= 15 is 0 Å². The Morgan fingerprint density at radius 1 is 0.472 bits per heavy atom. The van der Waals surface area contributed by atoms with Crippen LogP contribution < -0.4 is 0 Å². The van der Waals surface area contributed by atoms with Crippen LogP contribution in [0.4, 0.5) is 0 Å². The lowest BCUT2D eigenvalue weighted by atomic mass is 9.61. The lowest BCUT2D eigenvalue weighted by Gasteiger charge is -2.52. The van der Waals surface area contributed by atoms with Gasteiger partial charge >= 0.3 is 0 Å². The van der Waals surface area contributed by atoms with Crippen molar-refractivity contribution < 1.29 is 4.74 Å². The maximum Gasteiger partial charge on any atom is 0.0598 e. The number of rotatable bonds is 11. The van der Waals surface area contributed by atoms with E-state index in [0.29, 0.717) is 10.8 Å². The first-order valence-electron chi connectivity index (χ1n) is 24.5. The highest BCUT2D eigenvalue weighted by molar-refractivity contribution is 6.81. The van der Waals surface area contributed by atoms with Crippen molar-refractivity contribution in [2.75, 3.05) is 6.61 Å². The van der Waals surface area contributed by atoms with Crippen molar-refractivity contribution in [3.63, 3.8) is 0 Å². The average Bonchev–Trinajstić information content (AvgIpc) is 3.62. The molecular weight excluding hydrogens is 657 g/mol. The van der Waals surface area contributed by atoms with Crippen LogP contribution in [0.3, 0.4) is 0 Å². The quantitative estimate of drug-likeness (QED) is 0.151. The molecule has 1 nitrogen and oxygen atoms in total. The molecule has 10 unspecified atom stereocenters. The summed E-state index contributed by atoms with van der Waals surface area (Å²) in [5.74, 6) is 12.3. The summed E-state index contributed by atoms with van der Waals surface area (Å²) < 4.78 is 6.16. The Bertz CT molecular complexity index is 1050. The molecule has 308 valence electrons. The van der Waals surface area contributed by atoms with Crippen molar-refractivity contribution in [2.24, 2.45) is 81.8 Å². The zero-order valence-corrected chi connectivity index (χ0v) is 39.0. The van der Waals surface area contributed by atoms with Crippen LogP contribution in [0, 0.1) is 81.8 Å². The van der Waals surface area contributed by atoms with Gasteiger partial charge < -0.3 is 4.74 Å². The molecule has 0 aliphatic heterocycles. The van der Waals surface area contributed by atoms with Crippen LogP contribution in [0.5, 0.6) is 0 Å². The Balaban J connectivity index is 1.20. The highest BCUT2D eigenvalue weighted by Crippen LogP contribution is 2.68. The first-order valence-corrected chi connectivity index (χ1v) is 27.4. The van der Waals surface area contributed by atoms with Crippen LogP contribution in [0.25, 0.3) is 0 Å². The van der Waals surface area contributed by atoms with Crippen LogP contribution >= 0.6 is 0 Å². The summed E-state index contributed by atoms with van der Waals surface area (Å²) in [6, 6.07) is 1.65. The predicted molar refractivity (Wildman–Crippen MR) is 234 cm³/mol. The number of hydrogen-bond acceptors (Lipinski definition) is 1. The smallest absolute Gasteiger partial charge is 0.0598 e. The molecule has 6 aliphatic carbocycles. The average molecular weight is 751 g/mol. The third-order valence-corrected chi connectivity index (χ3v) is 25.1. The molecular formula is C51H94OSi. The molecule has 0 heterocycles. The monoisotopic (exact) mass is 751 g/mol. The molecule has 6 aliphatic rings. The maximum atomic E-state index is 6.16. The van der Waals surface area contributed by atoms with Crippen molar-refractivity contribution in [2.45, 2.75) is 234 Å². The van der Waals surface area contributed by atoms with E-state index in [9.17, 15) is 0 Å². The lowest BCUT2D eigenvalue weighted by molar-refractivity contribution is -0.00471. The van der Waals surface area contributed by atoms with E-state index in [1.165, 1.54) is 51.4 Å². The third kappa shape index (κ3) is 9.73. The third-order valence-electron chi connectivity index (χ3n) is 18.7. The van der Waals surface area contributed by atoms with Crippen molar-refractivity contribution in [3.05, 3.63) is 0 Å². The fourth-order valence-corrected chi connectivity index (χ4v) is 24.2. The van der Waals surface area contributed by atoms with Crippen LogP contribution in [-0.2, 0) is 4.74 Å². The van der Waals surface area contributed by atoms with E-state index in [1.54, 1.807) is 83.1 Å². The number of unbranched alkanes of at least 4 members (excludes halogenated alkanes) is 3. The van der Waals surface area contributed by atoms with Gasteiger partial charge in [-0.25, -0.2) is 0 Å². The minimum Gasteiger partial charge on any atom is -0.376 e. The summed E-state index contributed by atoms with van der Waals surface area (Å²) in [5, 5.41) is 0. The Labute approximate surface area is 333 Å². The summed E-state index contributed by atoms with van der Waals surface area (Å²) in [6.45, 7) is 31.4. The molecule has 53 heavy (non-hydrogen) atoms. The molecule has 0 saturated heterocycles. The second kappa shape index (κ2) is 17.2. The molecule has 0 spiro atoms. The summed E-state index contributed by atoms with van der Waals surface area (Å²) in [6.07, 6.45) is 30.4. The largest absolute Gasteiger partial charge is 0.376 e. The minimum absolute atomic E-state index is 0.00332. The van der Waals surface area contributed by atoms with Gasteiger partial charge in [0.05, 0.1) is 13.7 Å². The van der Waals surface area contributed by atoms with Gasteiger partial charge in [0.15, 0.2) is 0 Å². The van der Waals surface area contributed by atoms with E-state index in [-0.39, 0.29) is 5.60 Å². The van der Waals surface area contributed by atoms with Crippen LogP contribution in [0.2, 0.25) is 23.7 Å². The normalized spacial score (nSPS) is 42.6. The Kier molecular flexibility index (Phi) is 13.9. The van der Waals surface area contributed by atoms with Gasteiger partial charge in [0.25, 0.3) is 0 Å². The molecule has 0 N–H and O–H groups in total. The van der Waals surface area contributed by atoms with Crippen LogP contribution in [0.15, 0.2) is 0 Å². The Morgan fingerprint density at radius 2 is 0.868 bits per heavy atom. The zero-order chi connectivity index (χ0) is 38.3. The number of ether oxygens (including phenoxy) is 1. The second-order valence-corrected chi connectivity index (χ2v) is 29.8. The van der Waals surface area contributed by atoms with Gasteiger partial charge in [0.2, 0.25) is 0 Å². The van der Waals surface area contributed by atoms with Gasteiger partial charge in [0.1, 0.15) is 0 Å². The van der Waals surface area contributed by atoms with Crippen molar-refractivity contribution in [1.82, 2.24) is 0 Å². The molecule has 0 amide bonds. The van der Waals surface area contributed by atoms with Crippen LogP contribution in [0.1, 0.15) is 205 Å². The summed E-state index contributed by atoms with van der Waals surface area (Å²) >= 11 is 0. The van der Waals surface area contributed by atoms with E-state index in [4.69, 9.17) is 4.74 Å². The summed E-state index contributed by atoms with van der Waals surface area (Å²) in [5.41, 5.74) is 3.20. The topological polar surface area (TPSA) is 9.23 Å². The van der Waals surface area contributed by atoms with Gasteiger partial charge in [-0.15, -0.1) is 0 Å². The minimum atomic E-state index is -1.59. The molecule has 0 aromatic rings. The molecule has 0 bridgehead atoms. The highest BCUT2D eigenvalue weighted by atomic mass is 28.3. The van der Waals surface area contributed by atoms with Crippen molar-refractivity contribution in [1.29, 1.82) is 0 Å². The fraction of sp³-hybridized carbons (Fsp3) is 1.00. The molecule has 6 saturated carbocycles. The van der Waals surface area contributed by atoms with Gasteiger partial charge in [-0.1, -0.05) is 113 Å². The van der Waals surface area contributed by atoms with E-state index in [1.807, 2.05) is 0 Å². The molecule has 6 fully saturated rings. The van der Waals surface area contributed by atoms with Gasteiger partial charge in [0, 0.05) is 6.61 Å². The molecule has 6 rings (SSSR count). The van der Waals surface area contributed by atoms with Gasteiger partial charge in [-0.3, -0.25) is 0 Å². The van der Waals surface area contributed by atoms with Crippen molar-refractivity contribution >= 4 is 8.07 Å². The first-order chi connectivity index (χ1) is 24.9. The Hall–Kier alpha value is 0.177. The second-order valence-electron chi connectivity index (χ2n) is 24.9. The first kappa shape index (κ1) is 42.8. The summed E-state index contributed by atoms with van der Waals surface area (Å²) in [7, 11) is -1.59. The molecule has 2 heteroatoms. The predicted octanol–water partition coefficient (Wildman–Crippen LogP) is 16.0. The SMILES string of the molecule is CC1CC2C(C3CCC(C(C)(C)C)CC3)CCCC2C1[Si](C)(CCCCCCOC(C)(C)C)C1C(C)CC2C(C3CCC(C(C)(C)C)CC3)CCCC21. The molecule has 0 aromatic heterocycles. The molecule has 0 aromatic carbocycles. The van der Waals surface area contributed by atoms with Crippen LogP contribution in [-0.4, -0.2) is 20.3 Å².